The third-order valence-electron chi connectivity index (χ3n) is 10.5. The number of nitrogens with zero attached hydrogens (tertiary/aromatic N) is 5. The van der Waals surface area contributed by atoms with Crippen molar-refractivity contribution in [3.8, 4) is 67.8 Å². The molecule has 0 unspecified atom stereocenters. The van der Waals surface area contributed by atoms with Gasteiger partial charge in [-0.25, -0.2) is 19.5 Å². The molecule has 11 aromatic rings. The summed E-state index contributed by atoms with van der Waals surface area (Å²) >= 11 is 0. The molecular formula is C50H31N5O. The molecule has 0 atom stereocenters. The topological polar surface area (TPSA) is 69.1 Å². The van der Waals surface area contributed by atoms with E-state index in [0.717, 1.165) is 88.6 Å². The van der Waals surface area contributed by atoms with Crippen LogP contribution in [0.2, 0.25) is 0 Å². The summed E-state index contributed by atoms with van der Waals surface area (Å²) in [5.41, 5.74) is 11.4. The highest BCUT2D eigenvalue weighted by molar-refractivity contribution is 6.10. The van der Waals surface area contributed by atoms with Gasteiger partial charge in [0.1, 0.15) is 16.9 Å². The zero-order chi connectivity index (χ0) is 37.0. The standard InChI is InChI=1S/C50H31N5O/c1-4-15-32(16-5-1)42-31-37-21-10-11-22-38(37)46-44(33-17-6-2-7-18-33)45(54-55(42)46)34-27-29-36(30-28-34)49-51-48(35-19-8-3-9-20-35)52-50(53-49)41-25-14-24-40-39-23-12-13-26-43(39)56-47(40)41/h1-31H. The minimum atomic E-state index is 0.551. The Hall–Kier alpha value is -7.70. The van der Waals surface area contributed by atoms with Gasteiger partial charge < -0.3 is 4.42 Å². The van der Waals surface area contributed by atoms with Crippen molar-refractivity contribution in [2.45, 2.75) is 0 Å². The van der Waals surface area contributed by atoms with Crippen LogP contribution in [0, 0.1) is 0 Å². The van der Waals surface area contributed by atoms with E-state index in [1.54, 1.807) is 0 Å². The number of hydrogen-bond acceptors (Lipinski definition) is 5. The van der Waals surface area contributed by atoms with E-state index in [-0.39, 0.29) is 0 Å². The lowest BCUT2D eigenvalue weighted by Gasteiger charge is -2.10. The molecule has 0 radical (unpaired) electrons. The van der Waals surface area contributed by atoms with Gasteiger partial charge in [-0.3, -0.25) is 0 Å². The van der Waals surface area contributed by atoms with Gasteiger partial charge in [0.2, 0.25) is 0 Å². The van der Waals surface area contributed by atoms with Crippen LogP contribution >= 0.6 is 0 Å². The third kappa shape index (κ3) is 5.27. The SMILES string of the molecule is c1ccc(-c2nc(-c3ccc(-c4nn5c(-c6ccccc6)cc6ccccc6c5c4-c4ccccc4)cc3)nc(-c3cccc4c3oc3ccccc34)n2)cc1. The first kappa shape index (κ1) is 31.8. The van der Waals surface area contributed by atoms with E-state index in [4.69, 9.17) is 24.5 Å². The molecule has 0 aliphatic carbocycles. The van der Waals surface area contributed by atoms with Crippen LogP contribution in [0.5, 0.6) is 0 Å². The van der Waals surface area contributed by atoms with Gasteiger partial charge >= 0.3 is 0 Å². The zero-order valence-electron chi connectivity index (χ0n) is 30.0. The average molecular weight is 718 g/mol. The number of fused-ring (bicyclic) bond motifs is 6. The van der Waals surface area contributed by atoms with Crippen molar-refractivity contribution >= 4 is 38.2 Å². The highest BCUT2D eigenvalue weighted by Gasteiger charge is 2.22. The second-order valence-electron chi connectivity index (χ2n) is 13.9. The van der Waals surface area contributed by atoms with E-state index in [2.05, 4.69) is 126 Å². The quantitative estimate of drug-likeness (QED) is 0.171. The van der Waals surface area contributed by atoms with Crippen molar-refractivity contribution in [3.05, 3.63) is 188 Å². The Kier molecular flexibility index (Phi) is 7.38. The molecule has 0 bridgehead atoms. The van der Waals surface area contributed by atoms with Gasteiger partial charge in [-0.05, 0) is 29.1 Å². The molecule has 7 aromatic carbocycles. The Labute approximate surface area is 322 Å². The lowest BCUT2D eigenvalue weighted by molar-refractivity contribution is 0.669. The first-order chi connectivity index (χ1) is 27.8. The Morgan fingerprint density at radius 3 is 1.70 bits per heavy atom. The fraction of sp³-hybridized carbons (Fsp3) is 0. The largest absolute Gasteiger partial charge is 0.455 e. The van der Waals surface area contributed by atoms with Crippen LogP contribution in [0.4, 0.5) is 0 Å². The van der Waals surface area contributed by atoms with Crippen molar-refractivity contribution in [1.82, 2.24) is 24.6 Å². The fourth-order valence-corrected chi connectivity index (χ4v) is 7.83. The van der Waals surface area contributed by atoms with E-state index in [1.807, 2.05) is 66.7 Å². The average Bonchev–Trinajstić information content (AvgIpc) is 3.87. The summed E-state index contributed by atoms with van der Waals surface area (Å²) in [5.74, 6) is 1.72. The van der Waals surface area contributed by atoms with Gasteiger partial charge in [-0.1, -0.05) is 170 Å². The minimum Gasteiger partial charge on any atom is -0.455 e. The molecule has 6 heteroatoms. The van der Waals surface area contributed by atoms with Crippen LogP contribution < -0.4 is 0 Å². The van der Waals surface area contributed by atoms with Gasteiger partial charge in [-0.15, -0.1) is 0 Å². The monoisotopic (exact) mass is 717 g/mol. The molecule has 0 N–H and O–H groups in total. The van der Waals surface area contributed by atoms with E-state index >= 15 is 0 Å². The van der Waals surface area contributed by atoms with Crippen molar-refractivity contribution in [2.75, 3.05) is 0 Å². The van der Waals surface area contributed by atoms with Gasteiger partial charge in [-0.2, -0.15) is 5.10 Å². The minimum absolute atomic E-state index is 0.551. The number of rotatable bonds is 6. The van der Waals surface area contributed by atoms with Crippen LogP contribution in [-0.2, 0) is 0 Å². The number of benzene rings is 7. The van der Waals surface area contributed by atoms with Crippen molar-refractivity contribution in [1.29, 1.82) is 0 Å². The van der Waals surface area contributed by atoms with Crippen molar-refractivity contribution in [3.63, 3.8) is 0 Å². The molecule has 0 saturated carbocycles. The lowest BCUT2D eigenvalue weighted by atomic mass is 9.96. The van der Waals surface area contributed by atoms with E-state index in [1.165, 1.54) is 0 Å². The van der Waals surface area contributed by atoms with Crippen LogP contribution in [-0.4, -0.2) is 24.6 Å². The normalized spacial score (nSPS) is 11.6. The first-order valence-electron chi connectivity index (χ1n) is 18.7. The highest BCUT2D eigenvalue weighted by Crippen LogP contribution is 2.41. The Morgan fingerprint density at radius 1 is 0.411 bits per heavy atom. The predicted molar refractivity (Wildman–Crippen MR) is 226 cm³/mol. The molecule has 0 fully saturated rings. The number of para-hydroxylation sites is 2. The maximum Gasteiger partial charge on any atom is 0.167 e. The third-order valence-corrected chi connectivity index (χ3v) is 10.5. The summed E-state index contributed by atoms with van der Waals surface area (Å²) in [6.07, 6.45) is 0. The smallest absolute Gasteiger partial charge is 0.167 e. The summed E-state index contributed by atoms with van der Waals surface area (Å²) in [5, 5.41) is 9.80. The molecule has 4 heterocycles. The van der Waals surface area contributed by atoms with Crippen molar-refractivity contribution in [2.24, 2.45) is 0 Å². The Bertz CT molecular complexity index is 3230. The van der Waals surface area contributed by atoms with Gasteiger partial charge in [0.15, 0.2) is 17.5 Å². The van der Waals surface area contributed by atoms with Gasteiger partial charge in [0, 0.05) is 44.0 Å². The highest BCUT2D eigenvalue weighted by atomic mass is 16.3. The maximum absolute atomic E-state index is 6.42. The second kappa shape index (κ2) is 13.0. The van der Waals surface area contributed by atoms with Crippen LogP contribution in [0.1, 0.15) is 0 Å². The fourth-order valence-electron chi connectivity index (χ4n) is 7.83. The predicted octanol–water partition coefficient (Wildman–Crippen LogP) is 12.6. The molecule has 6 nitrogen and oxygen atoms in total. The summed E-state index contributed by atoms with van der Waals surface area (Å²) in [7, 11) is 0. The zero-order valence-corrected chi connectivity index (χ0v) is 30.0. The molecule has 0 spiro atoms. The number of hydrogen-bond donors (Lipinski definition) is 0. The molecular weight excluding hydrogens is 687 g/mol. The second-order valence-corrected chi connectivity index (χ2v) is 13.9. The Balaban J connectivity index is 1.10. The van der Waals surface area contributed by atoms with Crippen molar-refractivity contribution < 1.29 is 4.42 Å². The molecule has 11 rings (SSSR count). The number of pyridine rings is 1. The van der Waals surface area contributed by atoms with E-state index in [9.17, 15) is 0 Å². The maximum atomic E-state index is 6.42. The summed E-state index contributed by atoms with van der Waals surface area (Å²) in [6, 6.07) is 64.5. The first-order valence-corrected chi connectivity index (χ1v) is 18.7. The number of furan rings is 1. The van der Waals surface area contributed by atoms with E-state index < -0.39 is 0 Å². The van der Waals surface area contributed by atoms with E-state index in [0.29, 0.717) is 17.5 Å². The summed E-state index contributed by atoms with van der Waals surface area (Å²) in [4.78, 5) is 15.1. The summed E-state index contributed by atoms with van der Waals surface area (Å²) in [6.45, 7) is 0. The molecule has 0 aliphatic heterocycles. The summed E-state index contributed by atoms with van der Waals surface area (Å²) < 4.78 is 8.54. The molecule has 0 amide bonds. The molecule has 0 aliphatic rings. The van der Waals surface area contributed by atoms with Crippen LogP contribution in [0.25, 0.3) is 106 Å². The van der Waals surface area contributed by atoms with Gasteiger partial charge in [0.25, 0.3) is 0 Å². The molecule has 0 saturated heterocycles. The van der Waals surface area contributed by atoms with Gasteiger partial charge in [0.05, 0.1) is 16.8 Å². The molecule has 4 aromatic heterocycles. The molecule has 262 valence electrons. The van der Waals surface area contributed by atoms with Crippen LogP contribution in [0.3, 0.4) is 0 Å². The molecule has 56 heavy (non-hydrogen) atoms. The lowest BCUT2D eigenvalue weighted by Crippen LogP contribution is -2.00. The number of aromatic nitrogens is 5. The van der Waals surface area contributed by atoms with Crippen LogP contribution in [0.15, 0.2) is 192 Å². The Morgan fingerprint density at radius 2 is 0.964 bits per heavy atom.